The maximum atomic E-state index is 11.4. The molecule has 0 amide bonds. The number of hydrogen-bond donors (Lipinski definition) is 2. The van der Waals surface area contributed by atoms with Crippen LogP contribution in [0.4, 0.5) is 5.82 Å². The van der Waals surface area contributed by atoms with Crippen LogP contribution in [-0.2, 0) is 4.74 Å². The smallest absolute Gasteiger partial charge is 0.341 e. The number of aryl methyl sites for hydroxylation is 1. The van der Waals surface area contributed by atoms with Crippen LogP contribution in [0.1, 0.15) is 15.9 Å². The van der Waals surface area contributed by atoms with E-state index in [0.717, 1.165) is 11.3 Å². The molecule has 2 rings (SSSR count). The minimum atomic E-state index is -0.433. The molecule has 2 aromatic rings. The molecular weight excluding hydrogens is 216 g/mol. The summed E-state index contributed by atoms with van der Waals surface area (Å²) in [6.45, 7) is 2.02. The number of anilines is 1. The van der Waals surface area contributed by atoms with E-state index >= 15 is 0 Å². The lowest BCUT2D eigenvalue weighted by Gasteiger charge is -1.98. The number of nitrogen functional groups attached to an aromatic ring is 1. The van der Waals surface area contributed by atoms with Gasteiger partial charge in [-0.3, -0.25) is 0 Å². The van der Waals surface area contributed by atoms with Crippen molar-refractivity contribution in [2.45, 2.75) is 6.92 Å². The molecule has 0 aliphatic heterocycles. The van der Waals surface area contributed by atoms with E-state index in [1.54, 1.807) is 6.07 Å². The normalized spacial score (nSPS) is 10.2. The topological polar surface area (TPSA) is 68.1 Å². The number of hydrogen-bond acceptors (Lipinski definition) is 3. The van der Waals surface area contributed by atoms with Crippen LogP contribution in [0.3, 0.4) is 0 Å². The van der Waals surface area contributed by atoms with Gasteiger partial charge in [0.2, 0.25) is 0 Å². The van der Waals surface area contributed by atoms with Gasteiger partial charge in [0.05, 0.1) is 7.11 Å². The molecule has 4 nitrogen and oxygen atoms in total. The first-order valence-electron chi connectivity index (χ1n) is 5.25. The Morgan fingerprint density at radius 1 is 1.29 bits per heavy atom. The van der Waals surface area contributed by atoms with Gasteiger partial charge in [0.15, 0.2) is 0 Å². The van der Waals surface area contributed by atoms with E-state index in [9.17, 15) is 4.79 Å². The number of nitrogens with two attached hydrogens (primary N) is 1. The van der Waals surface area contributed by atoms with Crippen molar-refractivity contribution in [3.8, 4) is 11.3 Å². The third-order valence-corrected chi connectivity index (χ3v) is 2.62. The van der Waals surface area contributed by atoms with Gasteiger partial charge in [-0.1, -0.05) is 29.8 Å². The van der Waals surface area contributed by atoms with Crippen LogP contribution in [-0.4, -0.2) is 18.1 Å². The van der Waals surface area contributed by atoms with Crippen molar-refractivity contribution in [1.82, 2.24) is 4.98 Å². The fourth-order valence-electron chi connectivity index (χ4n) is 1.64. The zero-order chi connectivity index (χ0) is 12.4. The SMILES string of the molecule is COC(=O)c1cc(-c2ccc(C)cc2)[nH]c1N. The summed E-state index contributed by atoms with van der Waals surface area (Å²) in [6.07, 6.45) is 0. The summed E-state index contributed by atoms with van der Waals surface area (Å²) in [5.41, 5.74) is 9.07. The van der Waals surface area contributed by atoms with Crippen LogP contribution in [0.5, 0.6) is 0 Å². The molecule has 0 spiro atoms. The molecule has 88 valence electrons. The Labute approximate surface area is 99.4 Å². The molecule has 0 saturated heterocycles. The predicted octanol–water partition coefficient (Wildman–Crippen LogP) is 2.36. The summed E-state index contributed by atoms with van der Waals surface area (Å²) >= 11 is 0. The van der Waals surface area contributed by atoms with Crippen molar-refractivity contribution in [3.05, 3.63) is 41.5 Å². The molecule has 1 heterocycles. The van der Waals surface area contributed by atoms with E-state index < -0.39 is 5.97 Å². The van der Waals surface area contributed by atoms with Gasteiger partial charge in [0, 0.05) is 5.69 Å². The Hall–Kier alpha value is -2.23. The van der Waals surface area contributed by atoms with Crippen molar-refractivity contribution >= 4 is 11.8 Å². The van der Waals surface area contributed by atoms with E-state index in [2.05, 4.69) is 9.72 Å². The minimum absolute atomic E-state index is 0.326. The Kier molecular flexibility index (Phi) is 2.87. The molecule has 4 heteroatoms. The lowest BCUT2D eigenvalue weighted by atomic mass is 10.1. The van der Waals surface area contributed by atoms with Crippen LogP contribution in [0.25, 0.3) is 11.3 Å². The van der Waals surface area contributed by atoms with Crippen LogP contribution in [0, 0.1) is 6.92 Å². The maximum absolute atomic E-state index is 11.4. The minimum Gasteiger partial charge on any atom is -0.465 e. The van der Waals surface area contributed by atoms with Crippen LogP contribution in [0.15, 0.2) is 30.3 Å². The molecule has 0 saturated carbocycles. The fraction of sp³-hybridized carbons (Fsp3) is 0.154. The van der Waals surface area contributed by atoms with E-state index in [1.807, 2.05) is 31.2 Å². The largest absolute Gasteiger partial charge is 0.465 e. The Morgan fingerprint density at radius 2 is 1.94 bits per heavy atom. The second kappa shape index (κ2) is 4.33. The van der Waals surface area contributed by atoms with Gasteiger partial charge in [0.1, 0.15) is 11.4 Å². The average molecular weight is 230 g/mol. The molecule has 0 aliphatic carbocycles. The molecule has 0 radical (unpaired) electrons. The van der Waals surface area contributed by atoms with E-state index in [4.69, 9.17) is 5.73 Å². The van der Waals surface area contributed by atoms with Gasteiger partial charge in [-0.2, -0.15) is 0 Å². The molecule has 0 aliphatic rings. The molecular formula is C13H14N2O2. The number of ether oxygens (including phenoxy) is 1. The second-order valence-corrected chi connectivity index (χ2v) is 3.87. The molecule has 0 atom stereocenters. The third-order valence-electron chi connectivity index (χ3n) is 2.62. The molecule has 0 unspecified atom stereocenters. The number of methoxy groups -OCH3 is 1. The standard InChI is InChI=1S/C13H14N2O2/c1-8-3-5-9(6-4-8)11-7-10(12(14)15-11)13(16)17-2/h3-7,15H,14H2,1-2H3. The first-order chi connectivity index (χ1) is 8.11. The summed E-state index contributed by atoms with van der Waals surface area (Å²) in [5, 5.41) is 0. The molecule has 1 aromatic heterocycles. The maximum Gasteiger partial charge on any atom is 0.341 e. The number of esters is 1. The van der Waals surface area contributed by atoms with Gasteiger partial charge in [-0.25, -0.2) is 4.79 Å². The number of rotatable bonds is 2. The molecule has 0 fully saturated rings. The van der Waals surface area contributed by atoms with Gasteiger partial charge >= 0.3 is 5.97 Å². The monoisotopic (exact) mass is 230 g/mol. The van der Waals surface area contributed by atoms with Crippen LogP contribution in [0.2, 0.25) is 0 Å². The summed E-state index contributed by atoms with van der Waals surface area (Å²) in [5.74, 6) is -0.107. The van der Waals surface area contributed by atoms with Gasteiger partial charge in [-0.05, 0) is 18.6 Å². The van der Waals surface area contributed by atoms with Crippen molar-refractivity contribution in [1.29, 1.82) is 0 Å². The van der Waals surface area contributed by atoms with E-state index in [-0.39, 0.29) is 0 Å². The summed E-state index contributed by atoms with van der Waals surface area (Å²) in [4.78, 5) is 14.4. The fourth-order valence-corrected chi connectivity index (χ4v) is 1.64. The summed E-state index contributed by atoms with van der Waals surface area (Å²) < 4.78 is 4.65. The highest BCUT2D eigenvalue weighted by molar-refractivity contribution is 5.96. The lowest BCUT2D eigenvalue weighted by molar-refractivity contribution is 0.0602. The molecule has 1 aromatic carbocycles. The van der Waals surface area contributed by atoms with Crippen LogP contribution < -0.4 is 5.73 Å². The predicted molar refractivity (Wildman–Crippen MR) is 66.7 cm³/mol. The van der Waals surface area contributed by atoms with Gasteiger partial charge in [0.25, 0.3) is 0 Å². The highest BCUT2D eigenvalue weighted by Crippen LogP contribution is 2.24. The summed E-state index contributed by atoms with van der Waals surface area (Å²) in [6, 6.07) is 9.66. The number of benzene rings is 1. The Balaban J connectivity index is 2.41. The van der Waals surface area contributed by atoms with Crippen LogP contribution >= 0.6 is 0 Å². The van der Waals surface area contributed by atoms with E-state index in [1.165, 1.54) is 12.7 Å². The zero-order valence-electron chi connectivity index (χ0n) is 9.78. The van der Waals surface area contributed by atoms with Gasteiger partial charge in [-0.15, -0.1) is 0 Å². The molecule has 3 N–H and O–H groups in total. The number of aromatic nitrogens is 1. The van der Waals surface area contributed by atoms with Crippen molar-refractivity contribution < 1.29 is 9.53 Å². The van der Waals surface area contributed by atoms with E-state index in [0.29, 0.717) is 11.4 Å². The average Bonchev–Trinajstić information content (AvgIpc) is 2.71. The van der Waals surface area contributed by atoms with Crippen molar-refractivity contribution in [3.63, 3.8) is 0 Å². The number of carbonyl (C=O) groups excluding carboxylic acids is 1. The highest BCUT2D eigenvalue weighted by atomic mass is 16.5. The first kappa shape index (κ1) is 11.3. The molecule has 17 heavy (non-hydrogen) atoms. The third kappa shape index (κ3) is 2.15. The van der Waals surface area contributed by atoms with Gasteiger partial charge < -0.3 is 15.5 Å². The number of H-pyrrole nitrogens is 1. The zero-order valence-corrected chi connectivity index (χ0v) is 9.78. The Morgan fingerprint density at radius 3 is 2.53 bits per heavy atom. The Bertz CT molecular complexity index is 541. The van der Waals surface area contributed by atoms with Crippen molar-refractivity contribution in [2.24, 2.45) is 0 Å². The molecule has 0 bridgehead atoms. The quantitative estimate of drug-likeness (QED) is 0.778. The second-order valence-electron chi connectivity index (χ2n) is 3.87. The lowest BCUT2D eigenvalue weighted by Crippen LogP contribution is -2.02. The first-order valence-corrected chi connectivity index (χ1v) is 5.25. The summed E-state index contributed by atoms with van der Waals surface area (Å²) in [7, 11) is 1.33. The number of carbonyl (C=O) groups is 1. The number of nitrogens with one attached hydrogen (secondary N) is 1. The van der Waals surface area contributed by atoms with Crippen molar-refractivity contribution in [2.75, 3.05) is 12.8 Å². The highest BCUT2D eigenvalue weighted by Gasteiger charge is 2.14. The number of aromatic amines is 1.